The van der Waals surface area contributed by atoms with Crippen LogP contribution in [0.5, 0.6) is 0 Å². The van der Waals surface area contributed by atoms with Crippen LogP contribution in [-0.4, -0.2) is 96.7 Å². The maximum atomic E-state index is 13.0. The molecule has 17 nitrogen and oxygen atoms in total. The zero-order chi connectivity index (χ0) is 61.8. The number of rotatable bonds is 61. The summed E-state index contributed by atoms with van der Waals surface area (Å²) in [6.07, 6.45) is 33.7. The first kappa shape index (κ1) is 81.1. The second-order valence-corrected chi connectivity index (χ2v) is 27.7. The summed E-state index contributed by atoms with van der Waals surface area (Å²) in [5.74, 6) is 0.735. The minimum absolute atomic E-state index is 0.101. The van der Waals surface area contributed by atoms with Crippen molar-refractivity contribution in [3.8, 4) is 0 Å². The van der Waals surface area contributed by atoms with Crippen LogP contribution in [0.3, 0.4) is 0 Å². The van der Waals surface area contributed by atoms with Gasteiger partial charge in [-0.05, 0) is 49.4 Å². The maximum absolute atomic E-state index is 13.0. The molecule has 0 amide bonds. The van der Waals surface area contributed by atoms with Crippen molar-refractivity contribution in [3.05, 3.63) is 0 Å². The number of carbonyl (C=O) groups excluding carboxylic acids is 4. The van der Waals surface area contributed by atoms with Gasteiger partial charge in [-0.15, -0.1) is 0 Å². The summed E-state index contributed by atoms with van der Waals surface area (Å²) in [6, 6.07) is 0. The monoisotopic (exact) mass is 1230 g/mol. The molecular formula is C64H124O17P2. The van der Waals surface area contributed by atoms with Crippen LogP contribution in [0.4, 0.5) is 0 Å². The van der Waals surface area contributed by atoms with E-state index in [-0.39, 0.29) is 25.7 Å². The largest absolute Gasteiger partial charge is 0.472 e. The molecule has 0 aromatic rings. The van der Waals surface area contributed by atoms with Crippen LogP contribution in [0.15, 0.2) is 0 Å². The Morgan fingerprint density at radius 3 is 0.855 bits per heavy atom. The Labute approximate surface area is 505 Å². The Hall–Kier alpha value is -1.94. The lowest BCUT2D eigenvalue weighted by Crippen LogP contribution is -2.30. The molecular weight excluding hydrogens is 1100 g/mol. The zero-order valence-corrected chi connectivity index (χ0v) is 55.6. The van der Waals surface area contributed by atoms with Gasteiger partial charge in [-0.2, -0.15) is 0 Å². The third-order valence-corrected chi connectivity index (χ3v) is 16.8. The Balaban J connectivity index is 5.23. The highest BCUT2D eigenvalue weighted by Gasteiger charge is 2.30. The van der Waals surface area contributed by atoms with Gasteiger partial charge in [0.25, 0.3) is 0 Å². The molecule has 6 atom stereocenters. The van der Waals surface area contributed by atoms with Gasteiger partial charge in [0.1, 0.15) is 19.3 Å². The van der Waals surface area contributed by atoms with Gasteiger partial charge in [0.05, 0.1) is 26.4 Å². The molecule has 0 radical (unpaired) electrons. The van der Waals surface area contributed by atoms with E-state index in [9.17, 15) is 43.2 Å². The quantitative estimate of drug-likeness (QED) is 0.0222. The van der Waals surface area contributed by atoms with E-state index in [0.717, 1.165) is 102 Å². The molecule has 83 heavy (non-hydrogen) atoms. The van der Waals surface area contributed by atoms with Gasteiger partial charge in [-0.1, -0.05) is 254 Å². The minimum atomic E-state index is -4.95. The van der Waals surface area contributed by atoms with E-state index >= 15 is 0 Å². The van der Waals surface area contributed by atoms with E-state index in [1.807, 2.05) is 0 Å². The standard InChI is InChI=1S/C64H124O17P2/c1-9-57(8)43-35-27-18-12-10-11-13-19-28-36-44-61(66)74-50-59(80-63(68)46-38-30-21-15-17-25-33-41-55(4)5)52-78-82(70,71)76-48-58(65)49-77-83(72,73)79-53-60(81-64(69)47-39-31-23-22-26-34-42-56(6)7)51-75-62(67)45-37-29-20-14-16-24-32-40-54(2)3/h54-60,65H,9-53H2,1-8H3,(H,70,71)(H,72,73)/t57?,58?,59-,60-/m1/s1. The average Bonchev–Trinajstić information content (AvgIpc) is 3.44. The molecule has 0 saturated carbocycles. The fraction of sp³-hybridized carbons (Fsp3) is 0.938. The molecule has 3 N–H and O–H groups in total. The average molecular weight is 1230 g/mol. The van der Waals surface area contributed by atoms with E-state index in [1.54, 1.807) is 0 Å². The molecule has 0 aliphatic heterocycles. The van der Waals surface area contributed by atoms with Crippen molar-refractivity contribution in [1.29, 1.82) is 0 Å². The molecule has 0 saturated heterocycles. The molecule has 0 aromatic heterocycles. The van der Waals surface area contributed by atoms with E-state index in [0.29, 0.717) is 43.4 Å². The van der Waals surface area contributed by atoms with Crippen molar-refractivity contribution in [2.24, 2.45) is 23.7 Å². The van der Waals surface area contributed by atoms with Crippen LogP contribution < -0.4 is 0 Å². The van der Waals surface area contributed by atoms with Crippen molar-refractivity contribution < 1.29 is 80.2 Å². The summed E-state index contributed by atoms with van der Waals surface area (Å²) in [5.41, 5.74) is 0. The smallest absolute Gasteiger partial charge is 0.462 e. The SMILES string of the molecule is CCC(C)CCCCCCCCCCCCC(=O)OC[C@H](COP(=O)(O)OCC(O)COP(=O)(O)OC[C@@H](COC(=O)CCCCCCCCCC(C)C)OC(=O)CCCCCCCCC(C)C)OC(=O)CCCCCCCCCC(C)C. The topological polar surface area (TPSA) is 237 Å². The normalized spacial score (nSPS) is 14.8. The van der Waals surface area contributed by atoms with Gasteiger partial charge >= 0.3 is 39.5 Å². The molecule has 0 bridgehead atoms. The minimum Gasteiger partial charge on any atom is -0.462 e. The van der Waals surface area contributed by atoms with Gasteiger partial charge in [0.15, 0.2) is 12.2 Å². The lowest BCUT2D eigenvalue weighted by Gasteiger charge is -2.21. The van der Waals surface area contributed by atoms with Gasteiger partial charge in [0.2, 0.25) is 0 Å². The Morgan fingerprint density at radius 2 is 0.578 bits per heavy atom. The summed E-state index contributed by atoms with van der Waals surface area (Å²) < 4.78 is 67.9. The number of hydrogen-bond acceptors (Lipinski definition) is 15. The van der Waals surface area contributed by atoms with Crippen molar-refractivity contribution in [3.63, 3.8) is 0 Å². The predicted octanol–water partition coefficient (Wildman–Crippen LogP) is 17.4. The van der Waals surface area contributed by atoms with Crippen LogP contribution in [0, 0.1) is 23.7 Å². The number of hydrogen-bond donors (Lipinski definition) is 3. The molecule has 0 heterocycles. The van der Waals surface area contributed by atoms with E-state index in [4.69, 9.17) is 37.0 Å². The van der Waals surface area contributed by atoms with Crippen LogP contribution in [0.25, 0.3) is 0 Å². The third kappa shape index (κ3) is 57.6. The fourth-order valence-corrected chi connectivity index (χ4v) is 11.0. The van der Waals surface area contributed by atoms with Gasteiger partial charge in [-0.3, -0.25) is 37.3 Å². The van der Waals surface area contributed by atoms with Gasteiger partial charge in [-0.25, -0.2) is 9.13 Å². The van der Waals surface area contributed by atoms with Crippen LogP contribution in [-0.2, 0) is 65.4 Å². The summed E-state index contributed by atoms with van der Waals surface area (Å²) in [5, 5.41) is 10.5. The lowest BCUT2D eigenvalue weighted by molar-refractivity contribution is -0.161. The molecule has 0 fully saturated rings. The van der Waals surface area contributed by atoms with Gasteiger partial charge in [0, 0.05) is 25.7 Å². The Bertz CT molecular complexity index is 1660. The summed E-state index contributed by atoms with van der Waals surface area (Å²) in [7, 11) is -9.89. The van der Waals surface area contributed by atoms with E-state index in [2.05, 4.69) is 55.4 Å². The predicted molar refractivity (Wildman–Crippen MR) is 331 cm³/mol. The molecule has 4 unspecified atom stereocenters. The molecule has 0 aliphatic carbocycles. The number of phosphoric ester groups is 2. The molecule has 492 valence electrons. The second kappa shape index (κ2) is 54.2. The number of aliphatic hydroxyl groups is 1. The van der Waals surface area contributed by atoms with Crippen molar-refractivity contribution >= 4 is 39.5 Å². The molecule has 0 spiro atoms. The first-order valence-corrected chi connectivity index (χ1v) is 36.2. The second-order valence-electron chi connectivity index (χ2n) is 24.8. The maximum Gasteiger partial charge on any atom is 0.472 e. The molecule has 0 rings (SSSR count). The first-order valence-electron chi connectivity index (χ1n) is 33.2. The summed E-state index contributed by atoms with van der Waals surface area (Å²) >= 11 is 0. The van der Waals surface area contributed by atoms with Crippen LogP contribution in [0.2, 0.25) is 0 Å². The lowest BCUT2D eigenvalue weighted by atomic mass is 9.99. The summed E-state index contributed by atoms with van der Waals surface area (Å²) in [6.45, 7) is 13.9. The highest BCUT2D eigenvalue weighted by Crippen LogP contribution is 2.45. The van der Waals surface area contributed by atoms with E-state index in [1.165, 1.54) is 103 Å². The fourth-order valence-electron chi connectivity index (χ4n) is 9.40. The van der Waals surface area contributed by atoms with Gasteiger partial charge < -0.3 is 33.8 Å². The van der Waals surface area contributed by atoms with Crippen LogP contribution in [0.1, 0.15) is 306 Å². The number of unbranched alkanes of at least 4 members (excludes halogenated alkanes) is 26. The molecule has 19 heteroatoms. The van der Waals surface area contributed by atoms with E-state index < -0.39 is 97.5 Å². The van der Waals surface area contributed by atoms with Crippen molar-refractivity contribution in [1.82, 2.24) is 0 Å². The number of aliphatic hydroxyl groups excluding tert-OH is 1. The summed E-state index contributed by atoms with van der Waals surface area (Å²) in [4.78, 5) is 72.2. The highest BCUT2D eigenvalue weighted by atomic mass is 31.2. The number of esters is 4. The Morgan fingerprint density at radius 1 is 0.337 bits per heavy atom. The molecule has 0 aromatic carbocycles. The zero-order valence-electron chi connectivity index (χ0n) is 53.8. The van der Waals surface area contributed by atoms with Crippen LogP contribution >= 0.6 is 15.6 Å². The number of carbonyl (C=O) groups is 4. The first-order chi connectivity index (χ1) is 39.6. The highest BCUT2D eigenvalue weighted by molar-refractivity contribution is 7.47. The number of phosphoric acid groups is 2. The van der Waals surface area contributed by atoms with Crippen molar-refractivity contribution in [2.75, 3.05) is 39.6 Å². The Kier molecular flexibility index (Phi) is 53.0. The molecule has 0 aliphatic rings. The third-order valence-electron chi connectivity index (χ3n) is 14.9. The van der Waals surface area contributed by atoms with Crippen molar-refractivity contribution in [2.45, 2.75) is 324 Å². The number of ether oxygens (including phenoxy) is 4.